The molecule has 1 amide bonds. The molecule has 1 aromatic heterocycles. The van der Waals surface area contributed by atoms with Crippen molar-refractivity contribution in [3.05, 3.63) is 53.7 Å². The zero-order valence-corrected chi connectivity index (χ0v) is 12.5. The fourth-order valence-electron chi connectivity index (χ4n) is 2.02. The lowest BCUT2D eigenvalue weighted by Crippen LogP contribution is -2.25. The SMILES string of the molecule is Cc1ccc(Sc2ccc(C3=NNC(=O)CC3)cn2)cc1. The summed E-state index contributed by atoms with van der Waals surface area (Å²) in [7, 11) is 0. The van der Waals surface area contributed by atoms with Gasteiger partial charge in [0.1, 0.15) is 5.03 Å². The maximum atomic E-state index is 11.1. The Morgan fingerprint density at radius 1 is 1.10 bits per heavy atom. The summed E-state index contributed by atoms with van der Waals surface area (Å²) in [6.45, 7) is 2.07. The second kappa shape index (κ2) is 6.10. The second-order valence-corrected chi connectivity index (χ2v) is 5.99. The van der Waals surface area contributed by atoms with Gasteiger partial charge in [-0.25, -0.2) is 10.4 Å². The molecular weight excluding hydrogens is 282 g/mol. The monoisotopic (exact) mass is 297 g/mol. The first kappa shape index (κ1) is 13.8. The van der Waals surface area contributed by atoms with Crippen LogP contribution in [0, 0.1) is 6.92 Å². The number of hydrogen-bond acceptors (Lipinski definition) is 4. The molecule has 0 saturated heterocycles. The molecule has 0 bridgehead atoms. The van der Waals surface area contributed by atoms with Crippen molar-refractivity contribution >= 4 is 23.4 Å². The van der Waals surface area contributed by atoms with Crippen LogP contribution < -0.4 is 5.43 Å². The molecule has 21 heavy (non-hydrogen) atoms. The minimum Gasteiger partial charge on any atom is -0.273 e. The van der Waals surface area contributed by atoms with E-state index < -0.39 is 0 Å². The van der Waals surface area contributed by atoms with Crippen molar-refractivity contribution < 1.29 is 4.79 Å². The molecule has 5 heteroatoms. The van der Waals surface area contributed by atoms with E-state index in [9.17, 15) is 4.79 Å². The van der Waals surface area contributed by atoms with Crippen LogP contribution in [-0.4, -0.2) is 16.6 Å². The Hall–Kier alpha value is -2.14. The number of pyridine rings is 1. The van der Waals surface area contributed by atoms with Crippen molar-refractivity contribution in [2.75, 3.05) is 0 Å². The molecule has 0 aliphatic carbocycles. The number of aromatic nitrogens is 1. The number of hydrazone groups is 1. The lowest BCUT2D eigenvalue weighted by Gasteiger charge is -2.11. The summed E-state index contributed by atoms with van der Waals surface area (Å²) in [5.74, 6) is -0.0294. The molecule has 0 unspecified atom stereocenters. The number of carbonyl (C=O) groups excluding carboxylic acids is 1. The summed E-state index contributed by atoms with van der Waals surface area (Å²) in [6.07, 6.45) is 2.96. The average Bonchev–Trinajstić information content (AvgIpc) is 2.51. The van der Waals surface area contributed by atoms with Crippen molar-refractivity contribution in [1.82, 2.24) is 10.4 Å². The van der Waals surface area contributed by atoms with Gasteiger partial charge in [-0.3, -0.25) is 4.79 Å². The van der Waals surface area contributed by atoms with Crippen LogP contribution in [0.5, 0.6) is 0 Å². The van der Waals surface area contributed by atoms with Gasteiger partial charge in [0.25, 0.3) is 0 Å². The Morgan fingerprint density at radius 3 is 2.52 bits per heavy atom. The van der Waals surface area contributed by atoms with E-state index in [0.717, 1.165) is 16.3 Å². The first-order valence-corrected chi connectivity index (χ1v) is 7.59. The van der Waals surface area contributed by atoms with E-state index in [1.165, 1.54) is 10.5 Å². The Morgan fingerprint density at radius 2 is 1.90 bits per heavy atom. The highest BCUT2D eigenvalue weighted by atomic mass is 32.2. The highest BCUT2D eigenvalue weighted by molar-refractivity contribution is 7.99. The molecule has 0 spiro atoms. The van der Waals surface area contributed by atoms with Gasteiger partial charge in [-0.1, -0.05) is 29.5 Å². The van der Waals surface area contributed by atoms with Crippen molar-refractivity contribution in [2.45, 2.75) is 29.7 Å². The van der Waals surface area contributed by atoms with Gasteiger partial charge < -0.3 is 0 Å². The molecule has 106 valence electrons. The smallest absolute Gasteiger partial charge is 0.240 e. The van der Waals surface area contributed by atoms with Crippen LogP contribution in [0.25, 0.3) is 0 Å². The summed E-state index contributed by atoms with van der Waals surface area (Å²) in [5, 5.41) is 5.02. The van der Waals surface area contributed by atoms with Crippen LogP contribution in [0.3, 0.4) is 0 Å². The molecular formula is C16H15N3OS. The van der Waals surface area contributed by atoms with Crippen molar-refractivity contribution in [2.24, 2.45) is 5.10 Å². The number of carbonyl (C=O) groups is 1. The molecule has 0 saturated carbocycles. The number of benzene rings is 1. The molecule has 1 N–H and O–H groups in total. The number of rotatable bonds is 3. The van der Waals surface area contributed by atoms with Gasteiger partial charge in [0.05, 0.1) is 5.71 Å². The van der Waals surface area contributed by atoms with Gasteiger partial charge in [0.15, 0.2) is 0 Å². The minimum atomic E-state index is -0.0294. The summed E-state index contributed by atoms with van der Waals surface area (Å²) in [5.41, 5.74) is 5.60. The molecule has 0 radical (unpaired) electrons. The van der Waals surface area contributed by atoms with Crippen LogP contribution in [0.4, 0.5) is 0 Å². The van der Waals surface area contributed by atoms with Gasteiger partial charge in [-0.2, -0.15) is 5.10 Å². The molecule has 1 aromatic carbocycles. The van der Waals surface area contributed by atoms with Crippen molar-refractivity contribution in [3.63, 3.8) is 0 Å². The third-order valence-electron chi connectivity index (χ3n) is 3.22. The predicted molar refractivity (Wildman–Crippen MR) is 83.5 cm³/mol. The van der Waals surface area contributed by atoms with E-state index in [1.54, 1.807) is 11.8 Å². The Kier molecular flexibility index (Phi) is 4.01. The normalized spacial score (nSPS) is 14.5. The van der Waals surface area contributed by atoms with E-state index in [1.807, 2.05) is 18.3 Å². The lowest BCUT2D eigenvalue weighted by molar-refractivity contribution is -0.121. The molecule has 0 atom stereocenters. The third kappa shape index (κ3) is 3.49. The van der Waals surface area contributed by atoms with Crippen LogP contribution in [-0.2, 0) is 4.79 Å². The highest BCUT2D eigenvalue weighted by Crippen LogP contribution is 2.26. The third-order valence-corrected chi connectivity index (χ3v) is 4.18. The van der Waals surface area contributed by atoms with E-state index >= 15 is 0 Å². The Balaban J connectivity index is 1.72. The molecule has 1 aliphatic rings. The average molecular weight is 297 g/mol. The van der Waals surface area contributed by atoms with Crippen molar-refractivity contribution in [1.29, 1.82) is 0 Å². The molecule has 4 nitrogen and oxygen atoms in total. The van der Waals surface area contributed by atoms with Crippen LogP contribution in [0.1, 0.15) is 24.0 Å². The minimum absolute atomic E-state index is 0.0294. The lowest BCUT2D eigenvalue weighted by atomic mass is 10.1. The molecule has 2 heterocycles. The fourth-order valence-corrected chi connectivity index (χ4v) is 2.78. The Labute approximate surface area is 127 Å². The topological polar surface area (TPSA) is 54.4 Å². The van der Waals surface area contributed by atoms with Crippen LogP contribution in [0.15, 0.2) is 57.6 Å². The van der Waals surface area contributed by atoms with Gasteiger partial charge in [0.2, 0.25) is 5.91 Å². The van der Waals surface area contributed by atoms with E-state index in [-0.39, 0.29) is 5.91 Å². The van der Waals surface area contributed by atoms with E-state index in [2.05, 4.69) is 46.7 Å². The maximum Gasteiger partial charge on any atom is 0.240 e. The van der Waals surface area contributed by atoms with Gasteiger partial charge in [0, 0.05) is 29.5 Å². The summed E-state index contributed by atoms with van der Waals surface area (Å²) in [4.78, 5) is 16.7. The number of amides is 1. The standard InChI is InChI=1S/C16H15N3OS/c1-11-2-5-13(6-3-11)21-16-9-4-12(10-17-16)14-7-8-15(20)19-18-14/h2-6,9-10H,7-8H2,1H3,(H,19,20). The van der Waals surface area contributed by atoms with E-state index in [4.69, 9.17) is 0 Å². The number of nitrogens with zero attached hydrogens (tertiary/aromatic N) is 2. The highest BCUT2D eigenvalue weighted by Gasteiger charge is 2.13. The molecule has 1 aliphatic heterocycles. The quantitative estimate of drug-likeness (QED) is 0.947. The maximum absolute atomic E-state index is 11.1. The van der Waals surface area contributed by atoms with Crippen molar-refractivity contribution in [3.8, 4) is 0 Å². The van der Waals surface area contributed by atoms with Gasteiger partial charge in [-0.15, -0.1) is 0 Å². The molecule has 0 fully saturated rings. The van der Waals surface area contributed by atoms with Crippen LogP contribution in [0.2, 0.25) is 0 Å². The predicted octanol–water partition coefficient (Wildman–Crippen LogP) is 3.16. The number of nitrogens with one attached hydrogen (secondary N) is 1. The molecule has 2 aromatic rings. The summed E-state index contributed by atoms with van der Waals surface area (Å²) in [6, 6.07) is 12.4. The van der Waals surface area contributed by atoms with E-state index in [0.29, 0.717) is 12.8 Å². The second-order valence-electron chi connectivity index (χ2n) is 4.89. The molecule has 3 rings (SSSR count). The van der Waals surface area contributed by atoms with Gasteiger partial charge in [-0.05, 0) is 31.2 Å². The fraction of sp³-hybridized carbons (Fsp3) is 0.188. The summed E-state index contributed by atoms with van der Waals surface area (Å²) >= 11 is 1.63. The zero-order chi connectivity index (χ0) is 14.7. The first-order chi connectivity index (χ1) is 10.2. The number of hydrogen-bond donors (Lipinski definition) is 1. The van der Waals surface area contributed by atoms with Crippen LogP contribution >= 0.6 is 11.8 Å². The first-order valence-electron chi connectivity index (χ1n) is 6.77. The Bertz CT molecular complexity index is 678. The number of aryl methyl sites for hydroxylation is 1. The largest absolute Gasteiger partial charge is 0.273 e. The summed E-state index contributed by atoms with van der Waals surface area (Å²) < 4.78 is 0. The zero-order valence-electron chi connectivity index (χ0n) is 11.7. The van der Waals surface area contributed by atoms with Gasteiger partial charge >= 0.3 is 0 Å².